The Balaban J connectivity index is 2.23. The summed E-state index contributed by atoms with van der Waals surface area (Å²) in [7, 11) is -3.19. The largest absolute Gasteiger partial charge is 0.481 e. The summed E-state index contributed by atoms with van der Waals surface area (Å²) < 4.78 is 22.2. The van der Waals surface area contributed by atoms with Gasteiger partial charge in [-0.05, 0) is 12.5 Å². The molecule has 3 N–H and O–H groups in total. The SMILES string of the molecule is CC(CCNC(=O)NC1C=CS(=O)(=O)C1)C(=O)O. The number of sulfone groups is 1. The molecular formula is C10H16N2O5S. The molecule has 1 rings (SSSR count). The Hall–Kier alpha value is -1.57. The lowest BCUT2D eigenvalue weighted by molar-refractivity contribution is -0.141. The molecule has 2 atom stereocenters. The van der Waals surface area contributed by atoms with Crippen LogP contribution in [-0.2, 0) is 14.6 Å². The summed E-state index contributed by atoms with van der Waals surface area (Å²) in [4.78, 5) is 21.9. The van der Waals surface area contributed by atoms with Crippen molar-refractivity contribution in [2.24, 2.45) is 5.92 Å². The summed E-state index contributed by atoms with van der Waals surface area (Å²) in [5, 5.41) is 14.7. The van der Waals surface area contributed by atoms with Crippen LogP contribution in [0.2, 0.25) is 0 Å². The Kier molecular flexibility index (Phi) is 4.71. The Morgan fingerprint density at radius 2 is 2.17 bits per heavy atom. The maximum absolute atomic E-state index is 11.4. The third-order valence-corrected chi connectivity index (χ3v) is 3.93. The van der Waals surface area contributed by atoms with Crippen LogP contribution in [0.1, 0.15) is 13.3 Å². The Morgan fingerprint density at radius 3 is 2.67 bits per heavy atom. The van der Waals surface area contributed by atoms with Gasteiger partial charge in [0.25, 0.3) is 0 Å². The lowest BCUT2D eigenvalue weighted by Crippen LogP contribution is -2.43. The number of rotatable bonds is 5. The number of carbonyl (C=O) groups excluding carboxylic acids is 1. The molecule has 0 aromatic heterocycles. The molecule has 8 heteroatoms. The van der Waals surface area contributed by atoms with Gasteiger partial charge in [-0.15, -0.1) is 0 Å². The number of urea groups is 1. The monoisotopic (exact) mass is 276 g/mol. The van der Waals surface area contributed by atoms with Gasteiger partial charge >= 0.3 is 12.0 Å². The lowest BCUT2D eigenvalue weighted by atomic mass is 10.1. The molecule has 0 radical (unpaired) electrons. The van der Waals surface area contributed by atoms with E-state index in [4.69, 9.17) is 5.11 Å². The number of hydrogen-bond donors (Lipinski definition) is 3. The van der Waals surface area contributed by atoms with Crippen LogP contribution in [0.15, 0.2) is 11.5 Å². The highest BCUT2D eigenvalue weighted by atomic mass is 32.2. The van der Waals surface area contributed by atoms with Crippen molar-refractivity contribution in [2.45, 2.75) is 19.4 Å². The first-order valence-corrected chi connectivity index (χ1v) is 7.20. The van der Waals surface area contributed by atoms with Gasteiger partial charge in [0.1, 0.15) is 0 Å². The summed E-state index contributed by atoms with van der Waals surface area (Å²) in [5.41, 5.74) is 0. The molecule has 0 saturated heterocycles. The van der Waals surface area contributed by atoms with Crippen LogP contribution in [0, 0.1) is 5.92 Å². The van der Waals surface area contributed by atoms with E-state index in [1.165, 1.54) is 6.08 Å². The normalized spacial score (nSPS) is 22.4. The predicted molar refractivity (Wildman–Crippen MR) is 64.7 cm³/mol. The standard InChI is InChI=1S/C10H16N2O5S/c1-7(9(13)14)2-4-11-10(15)12-8-3-5-18(16,17)6-8/h3,5,7-8H,2,4,6H2,1H3,(H,13,14)(H2,11,12,15). The number of carbonyl (C=O) groups is 2. The zero-order chi connectivity index (χ0) is 13.8. The smallest absolute Gasteiger partial charge is 0.315 e. The van der Waals surface area contributed by atoms with Crippen molar-refractivity contribution in [3.8, 4) is 0 Å². The number of aliphatic carboxylic acids is 1. The summed E-state index contributed by atoms with van der Waals surface area (Å²) in [6, 6.07) is -1.02. The maximum Gasteiger partial charge on any atom is 0.315 e. The van der Waals surface area contributed by atoms with Gasteiger partial charge in [-0.25, -0.2) is 13.2 Å². The van der Waals surface area contributed by atoms with Gasteiger partial charge in [0, 0.05) is 12.0 Å². The van der Waals surface area contributed by atoms with Crippen molar-refractivity contribution in [1.29, 1.82) is 0 Å². The second-order valence-electron chi connectivity index (χ2n) is 4.19. The first-order chi connectivity index (χ1) is 8.30. The van der Waals surface area contributed by atoms with Crippen LogP contribution >= 0.6 is 0 Å². The molecule has 0 aromatic carbocycles. The fourth-order valence-electron chi connectivity index (χ4n) is 1.41. The van der Waals surface area contributed by atoms with E-state index in [0.717, 1.165) is 5.41 Å². The Morgan fingerprint density at radius 1 is 1.50 bits per heavy atom. The molecule has 0 aliphatic carbocycles. The first-order valence-electron chi connectivity index (χ1n) is 5.48. The number of hydrogen-bond acceptors (Lipinski definition) is 4. The minimum atomic E-state index is -3.19. The highest BCUT2D eigenvalue weighted by molar-refractivity contribution is 7.94. The molecule has 2 amide bonds. The summed E-state index contributed by atoms with van der Waals surface area (Å²) >= 11 is 0. The summed E-state index contributed by atoms with van der Waals surface area (Å²) in [5.74, 6) is -1.58. The average molecular weight is 276 g/mol. The summed E-state index contributed by atoms with van der Waals surface area (Å²) in [6.07, 6.45) is 1.73. The molecule has 1 heterocycles. The molecule has 1 aliphatic heterocycles. The Labute approximate surface area is 105 Å². The van der Waals surface area contributed by atoms with E-state index in [1.54, 1.807) is 6.92 Å². The maximum atomic E-state index is 11.4. The number of amides is 2. The zero-order valence-corrected chi connectivity index (χ0v) is 10.7. The molecular weight excluding hydrogens is 260 g/mol. The molecule has 7 nitrogen and oxygen atoms in total. The van der Waals surface area contributed by atoms with E-state index in [0.29, 0.717) is 6.42 Å². The molecule has 2 unspecified atom stereocenters. The van der Waals surface area contributed by atoms with Gasteiger partial charge < -0.3 is 15.7 Å². The van der Waals surface area contributed by atoms with Crippen LogP contribution < -0.4 is 10.6 Å². The molecule has 18 heavy (non-hydrogen) atoms. The molecule has 0 spiro atoms. The molecule has 1 aliphatic rings. The van der Waals surface area contributed by atoms with Crippen LogP contribution in [0.5, 0.6) is 0 Å². The quantitative estimate of drug-likeness (QED) is 0.638. The lowest BCUT2D eigenvalue weighted by Gasteiger charge is -2.12. The predicted octanol–water partition coefficient (Wildman–Crippen LogP) is -0.293. The second-order valence-corrected chi connectivity index (χ2v) is 6.12. The fraction of sp³-hybridized carbons (Fsp3) is 0.600. The molecule has 102 valence electrons. The van der Waals surface area contributed by atoms with Crippen molar-refractivity contribution in [2.75, 3.05) is 12.3 Å². The first kappa shape index (κ1) is 14.5. The number of carboxylic acid groups (broad SMARTS) is 1. The average Bonchev–Trinajstić information content (AvgIpc) is 2.57. The van der Waals surface area contributed by atoms with Crippen molar-refractivity contribution in [1.82, 2.24) is 10.6 Å². The van der Waals surface area contributed by atoms with E-state index in [9.17, 15) is 18.0 Å². The Bertz CT molecular complexity index is 457. The third-order valence-electron chi connectivity index (χ3n) is 2.53. The minimum absolute atomic E-state index is 0.133. The highest BCUT2D eigenvalue weighted by Gasteiger charge is 2.22. The second kappa shape index (κ2) is 5.85. The van der Waals surface area contributed by atoms with E-state index in [1.807, 2.05) is 0 Å². The minimum Gasteiger partial charge on any atom is -0.481 e. The molecule has 0 bridgehead atoms. The van der Waals surface area contributed by atoms with Crippen LogP contribution in [0.25, 0.3) is 0 Å². The van der Waals surface area contributed by atoms with E-state index in [2.05, 4.69) is 10.6 Å². The fourth-order valence-corrected chi connectivity index (χ4v) is 2.65. The number of carboxylic acids is 1. The highest BCUT2D eigenvalue weighted by Crippen LogP contribution is 2.07. The molecule has 0 fully saturated rings. The van der Waals surface area contributed by atoms with Gasteiger partial charge in [-0.2, -0.15) is 0 Å². The van der Waals surface area contributed by atoms with E-state index >= 15 is 0 Å². The van der Waals surface area contributed by atoms with Crippen LogP contribution in [0.3, 0.4) is 0 Å². The topological polar surface area (TPSA) is 113 Å². The number of nitrogens with one attached hydrogen (secondary N) is 2. The van der Waals surface area contributed by atoms with Crippen LogP contribution in [-0.4, -0.2) is 43.9 Å². The van der Waals surface area contributed by atoms with Crippen molar-refractivity contribution >= 4 is 21.8 Å². The van der Waals surface area contributed by atoms with Crippen molar-refractivity contribution in [3.05, 3.63) is 11.5 Å². The van der Waals surface area contributed by atoms with Gasteiger partial charge in [-0.1, -0.05) is 6.92 Å². The van der Waals surface area contributed by atoms with Crippen molar-refractivity contribution < 1.29 is 23.1 Å². The van der Waals surface area contributed by atoms with Gasteiger partial charge in [0.05, 0.1) is 17.7 Å². The summed E-state index contributed by atoms with van der Waals surface area (Å²) in [6.45, 7) is 1.77. The van der Waals surface area contributed by atoms with E-state index < -0.39 is 33.8 Å². The van der Waals surface area contributed by atoms with Crippen molar-refractivity contribution in [3.63, 3.8) is 0 Å². The van der Waals surface area contributed by atoms with E-state index in [-0.39, 0.29) is 12.3 Å². The van der Waals surface area contributed by atoms with Gasteiger partial charge in [0.2, 0.25) is 0 Å². The molecule has 0 saturated carbocycles. The zero-order valence-electron chi connectivity index (χ0n) is 9.92. The molecule has 0 aromatic rings. The van der Waals surface area contributed by atoms with Gasteiger partial charge in [0.15, 0.2) is 9.84 Å². The van der Waals surface area contributed by atoms with Gasteiger partial charge in [-0.3, -0.25) is 4.79 Å². The van der Waals surface area contributed by atoms with Crippen LogP contribution in [0.4, 0.5) is 4.79 Å². The third kappa shape index (κ3) is 4.74.